The summed E-state index contributed by atoms with van der Waals surface area (Å²) in [5.74, 6) is 0. The molecular weight excluding hydrogens is 194 g/mol. The highest BCUT2D eigenvalue weighted by Gasteiger charge is 2.16. The SMILES string of the molecule is NCc1cccc2c1CCc1ccccc1-2. The lowest BCUT2D eigenvalue weighted by Crippen LogP contribution is -2.09. The van der Waals surface area contributed by atoms with Crippen molar-refractivity contribution in [1.29, 1.82) is 0 Å². The molecule has 0 aromatic heterocycles. The second-order valence-corrected chi connectivity index (χ2v) is 4.30. The zero-order valence-electron chi connectivity index (χ0n) is 9.24. The number of aryl methyl sites for hydroxylation is 1. The molecule has 0 radical (unpaired) electrons. The molecule has 0 unspecified atom stereocenters. The maximum atomic E-state index is 5.79. The molecule has 2 aromatic carbocycles. The fourth-order valence-corrected chi connectivity index (χ4v) is 2.63. The molecule has 3 rings (SSSR count). The molecule has 1 aliphatic rings. The normalized spacial score (nSPS) is 13.1. The number of benzene rings is 2. The summed E-state index contributed by atoms with van der Waals surface area (Å²) in [5, 5.41) is 0. The molecule has 1 heteroatoms. The van der Waals surface area contributed by atoms with Gasteiger partial charge in [-0.05, 0) is 40.7 Å². The maximum Gasteiger partial charge on any atom is 0.0181 e. The average Bonchev–Trinajstić information content (AvgIpc) is 2.37. The van der Waals surface area contributed by atoms with Crippen LogP contribution in [0.2, 0.25) is 0 Å². The van der Waals surface area contributed by atoms with E-state index in [-0.39, 0.29) is 0 Å². The second kappa shape index (κ2) is 3.76. The minimum atomic E-state index is 0.644. The van der Waals surface area contributed by atoms with Crippen LogP contribution < -0.4 is 5.73 Å². The Kier molecular flexibility index (Phi) is 2.26. The van der Waals surface area contributed by atoms with Crippen LogP contribution in [-0.4, -0.2) is 0 Å². The Bertz CT molecular complexity index is 529. The van der Waals surface area contributed by atoms with Gasteiger partial charge in [-0.25, -0.2) is 0 Å². The largest absolute Gasteiger partial charge is 0.326 e. The first kappa shape index (κ1) is 9.61. The Labute approximate surface area is 95.9 Å². The van der Waals surface area contributed by atoms with Gasteiger partial charge in [-0.1, -0.05) is 42.5 Å². The molecule has 2 N–H and O–H groups in total. The number of hydrogen-bond donors (Lipinski definition) is 1. The molecule has 80 valence electrons. The summed E-state index contributed by atoms with van der Waals surface area (Å²) in [7, 11) is 0. The predicted molar refractivity (Wildman–Crippen MR) is 67.2 cm³/mol. The molecule has 0 spiro atoms. The molecule has 16 heavy (non-hydrogen) atoms. The first-order valence-corrected chi connectivity index (χ1v) is 5.79. The first-order chi connectivity index (χ1) is 7.90. The lowest BCUT2D eigenvalue weighted by Gasteiger charge is -2.21. The summed E-state index contributed by atoms with van der Waals surface area (Å²) in [6.45, 7) is 0.644. The summed E-state index contributed by atoms with van der Waals surface area (Å²) >= 11 is 0. The van der Waals surface area contributed by atoms with Gasteiger partial charge in [0.2, 0.25) is 0 Å². The Hall–Kier alpha value is -1.60. The van der Waals surface area contributed by atoms with Crippen molar-refractivity contribution in [2.75, 3.05) is 0 Å². The van der Waals surface area contributed by atoms with Gasteiger partial charge in [0.25, 0.3) is 0 Å². The topological polar surface area (TPSA) is 26.0 Å². The number of rotatable bonds is 1. The van der Waals surface area contributed by atoms with Gasteiger partial charge in [0.05, 0.1) is 0 Å². The summed E-state index contributed by atoms with van der Waals surface area (Å²) in [6.07, 6.45) is 2.26. The van der Waals surface area contributed by atoms with Crippen LogP contribution in [0.15, 0.2) is 42.5 Å². The second-order valence-electron chi connectivity index (χ2n) is 4.30. The van der Waals surface area contributed by atoms with Gasteiger partial charge in [0.15, 0.2) is 0 Å². The molecule has 0 bridgehead atoms. The highest BCUT2D eigenvalue weighted by Crippen LogP contribution is 2.34. The van der Waals surface area contributed by atoms with E-state index in [2.05, 4.69) is 42.5 Å². The van der Waals surface area contributed by atoms with E-state index in [0.717, 1.165) is 12.8 Å². The minimum absolute atomic E-state index is 0.644. The molecule has 2 aromatic rings. The van der Waals surface area contributed by atoms with Crippen molar-refractivity contribution in [3.05, 3.63) is 59.2 Å². The summed E-state index contributed by atoms with van der Waals surface area (Å²) in [4.78, 5) is 0. The van der Waals surface area contributed by atoms with Crippen LogP contribution in [0.3, 0.4) is 0 Å². The van der Waals surface area contributed by atoms with E-state index in [1.165, 1.54) is 27.8 Å². The number of nitrogens with two attached hydrogens (primary N) is 1. The number of hydrogen-bond acceptors (Lipinski definition) is 1. The molecule has 0 aliphatic heterocycles. The van der Waals surface area contributed by atoms with Crippen LogP contribution in [0.4, 0.5) is 0 Å². The van der Waals surface area contributed by atoms with Crippen LogP contribution in [0, 0.1) is 0 Å². The van der Waals surface area contributed by atoms with Crippen molar-refractivity contribution in [3.8, 4) is 11.1 Å². The van der Waals surface area contributed by atoms with Gasteiger partial charge in [-0.3, -0.25) is 0 Å². The van der Waals surface area contributed by atoms with Crippen LogP contribution in [0.5, 0.6) is 0 Å². The molecule has 1 aliphatic carbocycles. The van der Waals surface area contributed by atoms with Crippen LogP contribution in [-0.2, 0) is 19.4 Å². The monoisotopic (exact) mass is 209 g/mol. The van der Waals surface area contributed by atoms with Crippen LogP contribution in [0.1, 0.15) is 16.7 Å². The quantitative estimate of drug-likeness (QED) is 0.767. The molecule has 0 amide bonds. The molecule has 0 saturated heterocycles. The fourth-order valence-electron chi connectivity index (χ4n) is 2.63. The third-order valence-corrected chi connectivity index (χ3v) is 3.44. The van der Waals surface area contributed by atoms with Crippen molar-refractivity contribution < 1.29 is 0 Å². The molecule has 0 fully saturated rings. The van der Waals surface area contributed by atoms with E-state index < -0.39 is 0 Å². The van der Waals surface area contributed by atoms with E-state index in [1.807, 2.05) is 0 Å². The Morgan fingerprint density at radius 2 is 1.69 bits per heavy atom. The van der Waals surface area contributed by atoms with E-state index >= 15 is 0 Å². The molecule has 1 nitrogen and oxygen atoms in total. The van der Waals surface area contributed by atoms with E-state index in [9.17, 15) is 0 Å². The fraction of sp³-hybridized carbons (Fsp3) is 0.200. The lowest BCUT2D eigenvalue weighted by molar-refractivity contribution is 0.906. The third-order valence-electron chi connectivity index (χ3n) is 3.44. The lowest BCUT2D eigenvalue weighted by atomic mass is 9.83. The van der Waals surface area contributed by atoms with Gasteiger partial charge < -0.3 is 5.73 Å². The first-order valence-electron chi connectivity index (χ1n) is 5.79. The predicted octanol–water partition coefficient (Wildman–Crippen LogP) is 2.91. The van der Waals surface area contributed by atoms with Gasteiger partial charge in [-0.15, -0.1) is 0 Å². The van der Waals surface area contributed by atoms with Crippen molar-refractivity contribution in [3.63, 3.8) is 0 Å². The van der Waals surface area contributed by atoms with E-state index in [1.54, 1.807) is 0 Å². The van der Waals surface area contributed by atoms with Crippen molar-refractivity contribution in [2.45, 2.75) is 19.4 Å². The maximum absolute atomic E-state index is 5.79. The standard InChI is InChI=1S/C15H15N/c16-10-12-5-3-7-15-13-6-2-1-4-11(13)8-9-14(12)15/h1-7H,8-10,16H2. The molecule has 0 saturated carbocycles. The highest BCUT2D eigenvalue weighted by molar-refractivity contribution is 5.74. The van der Waals surface area contributed by atoms with Crippen LogP contribution >= 0.6 is 0 Å². The van der Waals surface area contributed by atoms with Crippen molar-refractivity contribution in [2.24, 2.45) is 5.73 Å². The Morgan fingerprint density at radius 3 is 2.56 bits per heavy atom. The van der Waals surface area contributed by atoms with E-state index in [0.29, 0.717) is 6.54 Å². The van der Waals surface area contributed by atoms with Crippen LogP contribution in [0.25, 0.3) is 11.1 Å². The summed E-state index contributed by atoms with van der Waals surface area (Å²) in [5.41, 5.74) is 12.8. The molecule has 0 atom stereocenters. The molecular formula is C15H15N. The van der Waals surface area contributed by atoms with Gasteiger partial charge in [-0.2, -0.15) is 0 Å². The van der Waals surface area contributed by atoms with Gasteiger partial charge >= 0.3 is 0 Å². The van der Waals surface area contributed by atoms with E-state index in [4.69, 9.17) is 5.73 Å². The van der Waals surface area contributed by atoms with Crippen molar-refractivity contribution in [1.82, 2.24) is 0 Å². The summed E-state index contributed by atoms with van der Waals surface area (Å²) < 4.78 is 0. The third kappa shape index (κ3) is 1.36. The van der Waals surface area contributed by atoms with Gasteiger partial charge in [0, 0.05) is 6.54 Å². The smallest absolute Gasteiger partial charge is 0.0181 e. The zero-order valence-corrected chi connectivity index (χ0v) is 9.24. The van der Waals surface area contributed by atoms with Crippen molar-refractivity contribution >= 4 is 0 Å². The minimum Gasteiger partial charge on any atom is -0.326 e. The summed E-state index contributed by atoms with van der Waals surface area (Å²) in [6, 6.07) is 15.2. The average molecular weight is 209 g/mol. The Morgan fingerprint density at radius 1 is 0.875 bits per heavy atom. The highest BCUT2D eigenvalue weighted by atomic mass is 14.5. The zero-order chi connectivity index (χ0) is 11.0. The Balaban J connectivity index is 2.25. The number of fused-ring (bicyclic) bond motifs is 3. The van der Waals surface area contributed by atoms with Gasteiger partial charge in [0.1, 0.15) is 0 Å². The molecule has 0 heterocycles.